The van der Waals surface area contributed by atoms with E-state index in [1.54, 1.807) is 20.8 Å². The molecule has 0 radical (unpaired) electrons. The van der Waals surface area contributed by atoms with Crippen molar-refractivity contribution in [1.82, 2.24) is 4.98 Å². The molecule has 0 spiro atoms. The van der Waals surface area contributed by atoms with Crippen LogP contribution in [0.5, 0.6) is 0 Å². The van der Waals surface area contributed by atoms with Crippen LogP contribution in [-0.2, 0) is 10.9 Å². The van der Waals surface area contributed by atoms with E-state index in [4.69, 9.17) is 4.74 Å². The van der Waals surface area contributed by atoms with Crippen molar-refractivity contribution in [2.45, 2.75) is 39.5 Å². The Morgan fingerprint density at radius 2 is 1.90 bits per heavy atom. The van der Waals surface area contributed by atoms with Gasteiger partial charge in [-0.25, -0.2) is 9.78 Å². The largest absolute Gasteiger partial charge is 0.444 e. The predicted octanol–water partition coefficient (Wildman–Crippen LogP) is 4.52. The van der Waals surface area contributed by atoms with Crippen molar-refractivity contribution in [3.63, 3.8) is 0 Å². The first-order valence-electron chi connectivity index (χ1n) is 5.64. The lowest BCUT2D eigenvalue weighted by Crippen LogP contribution is -2.27. The van der Waals surface area contributed by atoms with Gasteiger partial charge in [-0.05, 0) is 49.7 Å². The molecular weight excluding hydrogens is 341 g/mol. The minimum absolute atomic E-state index is 0.0465. The van der Waals surface area contributed by atoms with E-state index in [0.29, 0.717) is 0 Å². The van der Waals surface area contributed by atoms with Gasteiger partial charge < -0.3 is 4.74 Å². The number of aromatic nitrogens is 1. The van der Waals surface area contributed by atoms with Crippen molar-refractivity contribution in [3.05, 3.63) is 21.9 Å². The Balaban J connectivity index is 3.05. The molecule has 0 saturated heterocycles. The van der Waals surface area contributed by atoms with E-state index in [1.807, 2.05) is 0 Å². The average Bonchev–Trinajstić information content (AvgIpc) is 2.17. The molecule has 0 aliphatic carbocycles. The number of carbonyl (C=O) groups excluding carboxylic acids is 1. The van der Waals surface area contributed by atoms with E-state index in [-0.39, 0.29) is 16.0 Å². The molecule has 0 unspecified atom stereocenters. The van der Waals surface area contributed by atoms with Crippen LogP contribution in [0, 0.1) is 6.92 Å². The number of hydrogen-bond donors (Lipinski definition) is 1. The van der Waals surface area contributed by atoms with Gasteiger partial charge in [0.25, 0.3) is 0 Å². The number of ether oxygens (including phenoxy) is 1. The summed E-state index contributed by atoms with van der Waals surface area (Å²) < 4.78 is 42.9. The topological polar surface area (TPSA) is 51.2 Å². The summed E-state index contributed by atoms with van der Waals surface area (Å²) in [4.78, 5) is 15.3. The van der Waals surface area contributed by atoms with Crippen LogP contribution in [-0.4, -0.2) is 16.7 Å². The normalized spacial score (nSPS) is 12.2. The van der Waals surface area contributed by atoms with Crippen molar-refractivity contribution in [2.75, 3.05) is 5.32 Å². The fraction of sp³-hybridized carbons (Fsp3) is 0.500. The zero-order valence-electron chi connectivity index (χ0n) is 11.4. The van der Waals surface area contributed by atoms with Crippen LogP contribution in [0.15, 0.2) is 10.7 Å². The maximum atomic E-state index is 12.8. The maximum absolute atomic E-state index is 12.8. The summed E-state index contributed by atoms with van der Waals surface area (Å²) >= 11 is 2.76. The minimum Gasteiger partial charge on any atom is -0.444 e. The van der Waals surface area contributed by atoms with Gasteiger partial charge in [-0.15, -0.1) is 0 Å². The molecule has 0 aromatic carbocycles. The van der Waals surface area contributed by atoms with Crippen molar-refractivity contribution < 1.29 is 22.7 Å². The minimum atomic E-state index is -4.57. The van der Waals surface area contributed by atoms with Gasteiger partial charge in [0.1, 0.15) is 10.2 Å². The quantitative estimate of drug-likeness (QED) is 0.754. The highest BCUT2D eigenvalue weighted by molar-refractivity contribution is 9.10. The number of hydrogen-bond acceptors (Lipinski definition) is 3. The lowest BCUT2D eigenvalue weighted by atomic mass is 10.2. The second-order valence-corrected chi connectivity index (χ2v) is 5.84. The number of rotatable bonds is 1. The predicted molar refractivity (Wildman–Crippen MR) is 71.5 cm³/mol. The fourth-order valence-corrected chi connectivity index (χ4v) is 1.92. The molecule has 0 aliphatic rings. The standard InChI is InChI=1S/C12H14BrF3N2O2/c1-6-8(18-10(19)20-11(2,3)4)5-7(9(13)17-6)12(14,15)16/h5H,1-4H3,(H,18,19). The van der Waals surface area contributed by atoms with Crippen LogP contribution in [0.25, 0.3) is 0 Å². The van der Waals surface area contributed by atoms with E-state index in [1.165, 1.54) is 6.92 Å². The van der Waals surface area contributed by atoms with Crippen molar-refractivity contribution in [2.24, 2.45) is 0 Å². The summed E-state index contributed by atoms with van der Waals surface area (Å²) in [6.45, 7) is 6.44. The van der Waals surface area contributed by atoms with E-state index in [2.05, 4.69) is 26.2 Å². The molecule has 8 heteroatoms. The number of amides is 1. The lowest BCUT2D eigenvalue weighted by molar-refractivity contribution is -0.138. The van der Waals surface area contributed by atoms with Gasteiger partial charge in [-0.2, -0.15) is 13.2 Å². The van der Waals surface area contributed by atoms with Crippen molar-refractivity contribution >= 4 is 27.7 Å². The summed E-state index contributed by atoms with van der Waals surface area (Å²) in [6, 6.07) is 0.816. The van der Waals surface area contributed by atoms with Crippen LogP contribution >= 0.6 is 15.9 Å². The molecule has 0 aliphatic heterocycles. The van der Waals surface area contributed by atoms with Gasteiger partial charge >= 0.3 is 12.3 Å². The molecule has 1 aromatic rings. The van der Waals surface area contributed by atoms with E-state index in [9.17, 15) is 18.0 Å². The molecule has 20 heavy (non-hydrogen) atoms. The molecule has 0 bridgehead atoms. The van der Waals surface area contributed by atoms with Crippen LogP contribution in [0.3, 0.4) is 0 Å². The Morgan fingerprint density at radius 3 is 2.35 bits per heavy atom. The zero-order valence-corrected chi connectivity index (χ0v) is 12.9. The summed E-state index contributed by atoms with van der Waals surface area (Å²) in [5, 5.41) is 2.26. The Kier molecular flexibility index (Phi) is 4.68. The van der Waals surface area contributed by atoms with E-state index < -0.39 is 23.4 Å². The Bertz CT molecular complexity index is 525. The fourth-order valence-electron chi connectivity index (χ4n) is 1.31. The van der Waals surface area contributed by atoms with Crippen LogP contribution < -0.4 is 5.32 Å². The molecule has 0 fully saturated rings. The van der Waals surface area contributed by atoms with Gasteiger partial charge in [-0.1, -0.05) is 0 Å². The number of nitrogens with zero attached hydrogens (tertiary/aromatic N) is 1. The third-order valence-corrected chi connectivity index (χ3v) is 2.71. The SMILES string of the molecule is Cc1nc(Br)c(C(F)(F)F)cc1NC(=O)OC(C)(C)C. The summed E-state index contributed by atoms with van der Waals surface area (Å²) in [7, 11) is 0. The number of nitrogens with one attached hydrogen (secondary N) is 1. The molecule has 1 heterocycles. The molecule has 1 N–H and O–H groups in total. The maximum Gasteiger partial charge on any atom is 0.419 e. The Morgan fingerprint density at radius 1 is 1.35 bits per heavy atom. The smallest absolute Gasteiger partial charge is 0.419 e. The summed E-state index contributed by atoms with van der Waals surface area (Å²) in [5.74, 6) is 0. The van der Waals surface area contributed by atoms with Crippen LogP contribution in [0.1, 0.15) is 32.0 Å². The summed E-state index contributed by atoms with van der Waals surface area (Å²) in [6.07, 6.45) is -5.40. The first kappa shape index (κ1) is 16.7. The van der Waals surface area contributed by atoms with Gasteiger partial charge in [-0.3, -0.25) is 5.32 Å². The van der Waals surface area contributed by atoms with E-state index >= 15 is 0 Å². The summed E-state index contributed by atoms with van der Waals surface area (Å²) in [5.41, 5.74) is -1.51. The second-order valence-electron chi connectivity index (χ2n) is 5.08. The van der Waals surface area contributed by atoms with Crippen LogP contribution in [0.2, 0.25) is 0 Å². The lowest BCUT2D eigenvalue weighted by Gasteiger charge is -2.20. The monoisotopic (exact) mass is 354 g/mol. The van der Waals surface area contributed by atoms with Crippen molar-refractivity contribution in [3.8, 4) is 0 Å². The van der Waals surface area contributed by atoms with Crippen LogP contribution in [0.4, 0.5) is 23.7 Å². The highest BCUT2D eigenvalue weighted by atomic mass is 79.9. The number of pyridine rings is 1. The van der Waals surface area contributed by atoms with Gasteiger partial charge in [0.05, 0.1) is 16.9 Å². The molecule has 112 valence electrons. The third-order valence-electron chi connectivity index (χ3n) is 2.11. The molecule has 0 saturated carbocycles. The highest BCUT2D eigenvalue weighted by Gasteiger charge is 2.34. The number of halogens is 4. The van der Waals surface area contributed by atoms with Crippen molar-refractivity contribution in [1.29, 1.82) is 0 Å². The second kappa shape index (κ2) is 5.59. The first-order chi connectivity index (χ1) is 8.90. The number of anilines is 1. The van der Waals surface area contributed by atoms with Gasteiger partial charge in [0.15, 0.2) is 0 Å². The molecule has 1 aromatic heterocycles. The van der Waals surface area contributed by atoms with Gasteiger partial charge in [0, 0.05) is 0 Å². The number of carbonyl (C=O) groups is 1. The Hall–Kier alpha value is -1.31. The zero-order chi connectivity index (χ0) is 15.7. The molecule has 1 rings (SSSR count). The molecule has 1 amide bonds. The molecular formula is C12H14BrF3N2O2. The first-order valence-corrected chi connectivity index (χ1v) is 6.44. The number of alkyl halides is 3. The van der Waals surface area contributed by atoms with Gasteiger partial charge in [0.2, 0.25) is 0 Å². The molecule has 0 atom stereocenters. The number of aryl methyl sites for hydroxylation is 1. The van der Waals surface area contributed by atoms with E-state index in [0.717, 1.165) is 6.07 Å². The molecule has 4 nitrogen and oxygen atoms in total. The highest BCUT2D eigenvalue weighted by Crippen LogP contribution is 2.36. The average molecular weight is 355 g/mol. The third kappa shape index (κ3) is 4.66. The Labute approximate surface area is 122 Å².